The van der Waals surface area contributed by atoms with Crippen molar-refractivity contribution in [1.29, 1.82) is 0 Å². The first-order valence-electron chi connectivity index (χ1n) is 9.76. The van der Waals surface area contributed by atoms with E-state index in [0.29, 0.717) is 5.56 Å². The van der Waals surface area contributed by atoms with E-state index in [1.54, 1.807) is 30.3 Å². The van der Waals surface area contributed by atoms with Crippen LogP contribution in [0.4, 0.5) is 0 Å². The lowest BCUT2D eigenvalue weighted by atomic mass is 9.78. The molecule has 2 rings (SSSR count). The predicted octanol–water partition coefficient (Wildman–Crippen LogP) is 4.41. The van der Waals surface area contributed by atoms with E-state index in [1.165, 1.54) is 0 Å². The van der Waals surface area contributed by atoms with Gasteiger partial charge in [-0.2, -0.15) is 0 Å². The van der Waals surface area contributed by atoms with E-state index in [2.05, 4.69) is 5.32 Å². The van der Waals surface area contributed by atoms with E-state index in [9.17, 15) is 19.8 Å². The number of phenolic OH excluding ortho intramolecular Hbond substituents is 1. The third-order valence-electron chi connectivity index (χ3n) is 4.86. The second-order valence-corrected chi connectivity index (χ2v) is 9.47. The molecule has 0 radical (unpaired) electrons. The van der Waals surface area contributed by atoms with Gasteiger partial charge in [0, 0.05) is 12.0 Å². The van der Waals surface area contributed by atoms with Crippen LogP contribution in [0, 0.1) is 0 Å². The minimum absolute atomic E-state index is 0.125. The molecule has 0 aromatic heterocycles. The fraction of sp³-hybridized carbons (Fsp3) is 0.417. The fourth-order valence-electron chi connectivity index (χ4n) is 3.22. The number of aromatic hydroxyl groups is 1. The molecular formula is C24H31NO4. The smallest absolute Gasteiger partial charge is 0.326 e. The Balaban J connectivity index is 2.41. The van der Waals surface area contributed by atoms with Gasteiger partial charge in [0.2, 0.25) is 0 Å². The highest BCUT2D eigenvalue weighted by molar-refractivity contribution is 5.96. The molecule has 0 saturated carbocycles. The average Bonchev–Trinajstić information content (AvgIpc) is 2.61. The summed E-state index contributed by atoms with van der Waals surface area (Å²) in [7, 11) is 0. The van der Waals surface area contributed by atoms with Gasteiger partial charge in [-0.05, 0) is 39.7 Å². The zero-order valence-corrected chi connectivity index (χ0v) is 18.0. The van der Waals surface area contributed by atoms with Gasteiger partial charge in [-0.25, -0.2) is 4.79 Å². The molecule has 0 bridgehead atoms. The van der Waals surface area contributed by atoms with Crippen molar-refractivity contribution in [1.82, 2.24) is 5.32 Å². The molecule has 1 unspecified atom stereocenters. The maximum atomic E-state index is 12.4. The van der Waals surface area contributed by atoms with Crippen LogP contribution in [0.3, 0.4) is 0 Å². The number of hydrogen-bond acceptors (Lipinski definition) is 3. The van der Waals surface area contributed by atoms with Crippen LogP contribution in [-0.2, 0) is 22.0 Å². The number of rotatable bonds is 5. The van der Waals surface area contributed by atoms with Crippen molar-refractivity contribution in [3.8, 4) is 5.75 Å². The van der Waals surface area contributed by atoms with Crippen molar-refractivity contribution in [2.24, 2.45) is 0 Å². The van der Waals surface area contributed by atoms with Crippen LogP contribution >= 0.6 is 0 Å². The maximum absolute atomic E-state index is 12.4. The first-order valence-corrected chi connectivity index (χ1v) is 9.76. The van der Waals surface area contributed by atoms with Crippen molar-refractivity contribution in [2.45, 2.75) is 64.8 Å². The summed E-state index contributed by atoms with van der Waals surface area (Å²) >= 11 is 0. The monoisotopic (exact) mass is 397 g/mol. The lowest BCUT2D eigenvalue weighted by Gasteiger charge is -2.28. The zero-order chi connectivity index (χ0) is 22.0. The lowest BCUT2D eigenvalue weighted by molar-refractivity contribution is -0.139. The van der Waals surface area contributed by atoms with Crippen LogP contribution in [0.2, 0.25) is 0 Å². The Morgan fingerprint density at radius 2 is 1.41 bits per heavy atom. The van der Waals surface area contributed by atoms with Crippen molar-refractivity contribution < 1.29 is 19.8 Å². The second kappa shape index (κ2) is 8.27. The van der Waals surface area contributed by atoms with Gasteiger partial charge in [0.05, 0.1) is 0 Å². The molecule has 2 aromatic carbocycles. The highest BCUT2D eigenvalue weighted by Gasteiger charge is 2.28. The lowest BCUT2D eigenvalue weighted by Crippen LogP contribution is -2.42. The Hall–Kier alpha value is -2.82. The van der Waals surface area contributed by atoms with Crippen LogP contribution in [0.5, 0.6) is 5.75 Å². The van der Waals surface area contributed by atoms with Crippen LogP contribution in [0.15, 0.2) is 42.5 Å². The van der Waals surface area contributed by atoms with Crippen molar-refractivity contribution >= 4 is 11.9 Å². The molecule has 1 amide bonds. The minimum Gasteiger partial charge on any atom is -0.507 e. The fourth-order valence-corrected chi connectivity index (χ4v) is 3.22. The molecule has 156 valence electrons. The van der Waals surface area contributed by atoms with Crippen molar-refractivity contribution in [3.05, 3.63) is 64.7 Å². The number of phenols is 1. The molecule has 5 nitrogen and oxygen atoms in total. The Morgan fingerprint density at radius 1 is 0.931 bits per heavy atom. The minimum atomic E-state index is -1.10. The first-order chi connectivity index (χ1) is 13.3. The van der Waals surface area contributed by atoms with Crippen LogP contribution in [-0.4, -0.2) is 28.1 Å². The Kier molecular flexibility index (Phi) is 6.41. The number of carbonyl (C=O) groups is 2. The van der Waals surface area contributed by atoms with Gasteiger partial charge in [0.15, 0.2) is 0 Å². The van der Waals surface area contributed by atoms with Crippen LogP contribution in [0.1, 0.15) is 68.6 Å². The number of aliphatic carboxylic acids is 1. The predicted molar refractivity (Wildman–Crippen MR) is 115 cm³/mol. The van der Waals surface area contributed by atoms with Gasteiger partial charge in [-0.15, -0.1) is 0 Å². The number of nitrogens with one attached hydrogen (secondary N) is 1. The zero-order valence-electron chi connectivity index (χ0n) is 18.0. The second-order valence-electron chi connectivity index (χ2n) is 9.47. The summed E-state index contributed by atoms with van der Waals surface area (Å²) in [6.45, 7) is 12.0. The molecule has 3 N–H and O–H groups in total. The largest absolute Gasteiger partial charge is 0.507 e. The molecule has 5 heteroatoms. The molecule has 0 saturated heterocycles. The number of hydrogen-bond donors (Lipinski definition) is 3. The molecule has 29 heavy (non-hydrogen) atoms. The molecule has 0 fully saturated rings. The van der Waals surface area contributed by atoms with E-state index < -0.39 is 17.9 Å². The number of carboxylic acids is 1. The maximum Gasteiger partial charge on any atom is 0.326 e. The molecular weight excluding hydrogens is 366 g/mol. The average molecular weight is 398 g/mol. The van der Waals surface area contributed by atoms with Crippen LogP contribution < -0.4 is 5.32 Å². The van der Waals surface area contributed by atoms with Gasteiger partial charge in [0.25, 0.3) is 5.91 Å². The topological polar surface area (TPSA) is 86.6 Å². The van der Waals surface area contributed by atoms with Gasteiger partial charge >= 0.3 is 5.97 Å². The van der Waals surface area contributed by atoms with Gasteiger partial charge in [-0.1, -0.05) is 71.9 Å². The summed E-state index contributed by atoms with van der Waals surface area (Å²) in [5.41, 5.74) is 2.07. The SMILES string of the molecule is CC(C)(C)c1cc(CC(NC(=O)c2ccccc2)C(=O)O)cc(C(C)(C)C)c1O. The van der Waals surface area contributed by atoms with Crippen molar-refractivity contribution in [2.75, 3.05) is 0 Å². The number of carbonyl (C=O) groups excluding carboxylic acids is 1. The van der Waals surface area contributed by atoms with Gasteiger partial charge in [0.1, 0.15) is 11.8 Å². The standard InChI is InChI=1S/C24H31NO4/c1-23(2,3)17-12-15(13-18(20(17)26)24(4,5)6)14-19(22(28)29)25-21(27)16-10-8-7-9-11-16/h7-13,19,26H,14H2,1-6H3,(H,25,27)(H,28,29). The molecule has 0 spiro atoms. The number of carboxylic acid groups (broad SMARTS) is 1. The molecule has 0 heterocycles. The Morgan fingerprint density at radius 3 is 1.83 bits per heavy atom. The summed E-state index contributed by atoms with van der Waals surface area (Å²) in [4.78, 5) is 24.3. The third-order valence-corrected chi connectivity index (χ3v) is 4.86. The molecule has 0 aliphatic rings. The summed E-state index contributed by atoms with van der Waals surface area (Å²) < 4.78 is 0. The molecule has 2 aromatic rings. The number of amides is 1. The van der Waals surface area contributed by atoms with Gasteiger partial charge < -0.3 is 15.5 Å². The molecule has 0 aliphatic carbocycles. The molecule has 0 aliphatic heterocycles. The number of benzene rings is 2. The van der Waals surface area contributed by atoms with E-state index >= 15 is 0 Å². The third kappa shape index (κ3) is 5.59. The quantitative estimate of drug-likeness (QED) is 0.697. The van der Waals surface area contributed by atoms with E-state index in [0.717, 1.165) is 16.7 Å². The van der Waals surface area contributed by atoms with Gasteiger partial charge in [-0.3, -0.25) is 4.79 Å². The molecule has 1 atom stereocenters. The summed E-state index contributed by atoms with van der Waals surface area (Å²) in [5.74, 6) is -1.28. The normalized spacial score (nSPS) is 13.0. The van der Waals surface area contributed by atoms with Crippen molar-refractivity contribution in [3.63, 3.8) is 0 Å². The highest BCUT2D eigenvalue weighted by Crippen LogP contribution is 2.40. The van der Waals surface area contributed by atoms with E-state index in [4.69, 9.17) is 0 Å². The summed E-state index contributed by atoms with van der Waals surface area (Å²) in [6, 6.07) is 11.2. The highest BCUT2D eigenvalue weighted by atomic mass is 16.4. The summed E-state index contributed by atoms with van der Waals surface area (Å²) in [5, 5.41) is 23.1. The van der Waals surface area contributed by atoms with E-state index in [-0.39, 0.29) is 23.0 Å². The Labute approximate surface area is 172 Å². The Bertz CT molecular complexity index is 854. The summed E-state index contributed by atoms with van der Waals surface area (Å²) in [6.07, 6.45) is 0.125. The van der Waals surface area contributed by atoms with Crippen LogP contribution in [0.25, 0.3) is 0 Å². The first kappa shape index (κ1) is 22.5. The van der Waals surface area contributed by atoms with E-state index in [1.807, 2.05) is 53.7 Å².